The molecule has 0 aliphatic carbocycles. The summed E-state index contributed by atoms with van der Waals surface area (Å²) in [6.45, 7) is 5.85. The molecule has 2 aromatic carbocycles. The number of ether oxygens (including phenoxy) is 2. The van der Waals surface area contributed by atoms with Crippen LogP contribution >= 0.6 is 0 Å². The molecule has 0 saturated heterocycles. The second-order valence-electron chi connectivity index (χ2n) is 4.97. The molecular formula is C17H19NO3. The van der Waals surface area contributed by atoms with Crippen molar-refractivity contribution in [1.29, 1.82) is 0 Å². The summed E-state index contributed by atoms with van der Waals surface area (Å²) >= 11 is 0. The summed E-state index contributed by atoms with van der Waals surface area (Å²) in [4.78, 5) is 11.8. The number of carbonyl (C=O) groups excluding carboxylic acids is 1. The zero-order valence-electron chi connectivity index (χ0n) is 12.4. The van der Waals surface area contributed by atoms with Crippen LogP contribution in [0.2, 0.25) is 0 Å². The molecule has 0 saturated carbocycles. The van der Waals surface area contributed by atoms with Crippen LogP contribution in [-0.4, -0.2) is 12.2 Å². The van der Waals surface area contributed by atoms with E-state index in [1.54, 1.807) is 18.2 Å². The van der Waals surface area contributed by atoms with Gasteiger partial charge < -0.3 is 9.47 Å². The Hall–Kier alpha value is -2.49. The average Bonchev–Trinajstić information content (AvgIpc) is 2.42. The van der Waals surface area contributed by atoms with Crippen molar-refractivity contribution in [3.8, 4) is 11.5 Å². The first-order chi connectivity index (χ1) is 10.0. The largest absolute Gasteiger partial charge is 0.491 e. The number of benzene rings is 2. The Labute approximate surface area is 124 Å². The van der Waals surface area contributed by atoms with Crippen LogP contribution in [0.5, 0.6) is 11.5 Å². The molecule has 0 aromatic heterocycles. The van der Waals surface area contributed by atoms with Crippen molar-refractivity contribution in [2.45, 2.75) is 26.9 Å². The monoisotopic (exact) mass is 285 g/mol. The molecule has 0 radical (unpaired) electrons. The molecule has 2 aromatic rings. The molecular weight excluding hydrogens is 266 g/mol. The first-order valence-electron chi connectivity index (χ1n) is 6.86. The van der Waals surface area contributed by atoms with Crippen molar-refractivity contribution in [2.24, 2.45) is 0 Å². The van der Waals surface area contributed by atoms with Gasteiger partial charge in [0, 0.05) is 5.69 Å². The number of rotatable bonds is 4. The number of carbonyl (C=O) groups is 1. The molecule has 0 fully saturated rings. The molecule has 2 rings (SSSR count). The van der Waals surface area contributed by atoms with Gasteiger partial charge in [-0.2, -0.15) is 0 Å². The number of hydrogen-bond acceptors (Lipinski definition) is 3. The molecule has 1 amide bonds. The first kappa shape index (κ1) is 14.9. The maximum absolute atomic E-state index is 11.8. The van der Waals surface area contributed by atoms with E-state index in [4.69, 9.17) is 9.47 Å². The highest BCUT2D eigenvalue weighted by Crippen LogP contribution is 2.22. The fraction of sp³-hybridized carbons (Fsp3) is 0.235. The van der Waals surface area contributed by atoms with Crippen LogP contribution < -0.4 is 14.8 Å². The fourth-order valence-corrected chi connectivity index (χ4v) is 1.85. The van der Waals surface area contributed by atoms with Gasteiger partial charge in [-0.05, 0) is 56.7 Å². The van der Waals surface area contributed by atoms with Crippen LogP contribution in [0.15, 0.2) is 48.5 Å². The molecule has 21 heavy (non-hydrogen) atoms. The van der Waals surface area contributed by atoms with Crippen LogP contribution in [0.1, 0.15) is 19.4 Å². The van der Waals surface area contributed by atoms with Crippen LogP contribution in [0.3, 0.4) is 0 Å². The molecule has 0 aliphatic rings. The minimum atomic E-state index is -0.512. The minimum absolute atomic E-state index is 0.117. The Balaban J connectivity index is 2.01. The van der Waals surface area contributed by atoms with Crippen LogP contribution in [0.25, 0.3) is 0 Å². The molecule has 0 heterocycles. The Kier molecular flexibility index (Phi) is 4.82. The summed E-state index contributed by atoms with van der Waals surface area (Å²) in [6.07, 6.45) is -0.395. The first-order valence-corrected chi connectivity index (χ1v) is 6.86. The summed E-state index contributed by atoms with van der Waals surface area (Å²) in [5, 5.41) is 2.72. The number of aryl methyl sites for hydroxylation is 1. The second kappa shape index (κ2) is 6.79. The standard InChI is InChI=1S/C17H19NO3/c1-12(2)20-15-9-10-16(13(3)11-15)18-17(19)21-14-7-5-4-6-8-14/h4-12H,1-3H3,(H,18,19). The van der Waals surface area contributed by atoms with E-state index in [2.05, 4.69) is 5.32 Å². The van der Waals surface area contributed by atoms with Gasteiger partial charge in [0.25, 0.3) is 0 Å². The molecule has 0 unspecified atom stereocenters. The van der Waals surface area contributed by atoms with E-state index in [0.29, 0.717) is 11.4 Å². The maximum atomic E-state index is 11.8. The van der Waals surface area contributed by atoms with Crippen molar-refractivity contribution < 1.29 is 14.3 Å². The third-order valence-electron chi connectivity index (χ3n) is 2.76. The number of amides is 1. The summed E-state index contributed by atoms with van der Waals surface area (Å²) in [7, 11) is 0. The van der Waals surface area contributed by atoms with Gasteiger partial charge in [-0.3, -0.25) is 5.32 Å². The highest BCUT2D eigenvalue weighted by Gasteiger charge is 2.08. The van der Waals surface area contributed by atoms with Gasteiger partial charge in [0.2, 0.25) is 0 Å². The highest BCUT2D eigenvalue weighted by molar-refractivity contribution is 5.87. The van der Waals surface area contributed by atoms with Crippen molar-refractivity contribution in [3.05, 3.63) is 54.1 Å². The summed E-state index contributed by atoms with van der Waals surface area (Å²) in [6, 6.07) is 14.5. The normalized spacial score (nSPS) is 10.3. The fourth-order valence-electron chi connectivity index (χ4n) is 1.85. The van der Waals surface area contributed by atoms with E-state index in [1.165, 1.54) is 0 Å². The van der Waals surface area contributed by atoms with Crippen molar-refractivity contribution in [2.75, 3.05) is 5.32 Å². The van der Waals surface area contributed by atoms with Crippen LogP contribution in [-0.2, 0) is 0 Å². The summed E-state index contributed by atoms with van der Waals surface area (Å²) in [5.41, 5.74) is 1.62. The third kappa shape index (κ3) is 4.53. The third-order valence-corrected chi connectivity index (χ3v) is 2.76. The van der Waals surface area contributed by atoms with Gasteiger partial charge in [-0.1, -0.05) is 18.2 Å². The summed E-state index contributed by atoms with van der Waals surface area (Å²) in [5.74, 6) is 1.29. The van der Waals surface area contributed by atoms with Crippen LogP contribution in [0, 0.1) is 6.92 Å². The predicted molar refractivity (Wildman–Crippen MR) is 83.0 cm³/mol. The topological polar surface area (TPSA) is 47.6 Å². The number of para-hydroxylation sites is 1. The van der Waals surface area contributed by atoms with Gasteiger partial charge in [0.1, 0.15) is 11.5 Å². The minimum Gasteiger partial charge on any atom is -0.491 e. The van der Waals surface area contributed by atoms with Gasteiger partial charge in [0.15, 0.2) is 0 Å². The van der Waals surface area contributed by atoms with E-state index >= 15 is 0 Å². The Morgan fingerprint density at radius 1 is 1.05 bits per heavy atom. The number of anilines is 1. The molecule has 110 valence electrons. The SMILES string of the molecule is Cc1cc(OC(C)C)ccc1NC(=O)Oc1ccccc1. The Bertz CT molecular complexity index is 609. The Morgan fingerprint density at radius 3 is 2.38 bits per heavy atom. The van der Waals surface area contributed by atoms with Gasteiger partial charge in [0.05, 0.1) is 6.10 Å². The molecule has 0 aliphatic heterocycles. The van der Waals surface area contributed by atoms with Crippen LogP contribution in [0.4, 0.5) is 10.5 Å². The highest BCUT2D eigenvalue weighted by atomic mass is 16.6. The molecule has 1 N–H and O–H groups in total. The van der Waals surface area contributed by atoms with E-state index in [9.17, 15) is 4.79 Å². The average molecular weight is 285 g/mol. The maximum Gasteiger partial charge on any atom is 0.417 e. The molecule has 0 bridgehead atoms. The molecule has 4 heteroatoms. The van der Waals surface area contributed by atoms with E-state index in [1.807, 2.05) is 51.1 Å². The number of hydrogen-bond donors (Lipinski definition) is 1. The quantitative estimate of drug-likeness (QED) is 0.906. The van der Waals surface area contributed by atoms with Gasteiger partial charge >= 0.3 is 6.09 Å². The van der Waals surface area contributed by atoms with E-state index in [-0.39, 0.29) is 6.10 Å². The van der Waals surface area contributed by atoms with Gasteiger partial charge in [-0.25, -0.2) is 4.79 Å². The van der Waals surface area contributed by atoms with Crippen molar-refractivity contribution >= 4 is 11.8 Å². The molecule has 4 nitrogen and oxygen atoms in total. The second-order valence-corrected chi connectivity index (χ2v) is 4.97. The predicted octanol–water partition coefficient (Wildman–Crippen LogP) is 4.39. The van der Waals surface area contributed by atoms with Crippen molar-refractivity contribution in [1.82, 2.24) is 0 Å². The smallest absolute Gasteiger partial charge is 0.417 e. The zero-order chi connectivity index (χ0) is 15.2. The zero-order valence-corrected chi connectivity index (χ0v) is 12.4. The number of nitrogens with one attached hydrogen (secondary N) is 1. The molecule has 0 spiro atoms. The van der Waals surface area contributed by atoms with E-state index in [0.717, 1.165) is 11.3 Å². The molecule has 0 atom stereocenters. The lowest BCUT2D eigenvalue weighted by atomic mass is 10.2. The van der Waals surface area contributed by atoms with Crippen molar-refractivity contribution in [3.63, 3.8) is 0 Å². The summed E-state index contributed by atoms with van der Waals surface area (Å²) < 4.78 is 10.8. The van der Waals surface area contributed by atoms with E-state index < -0.39 is 6.09 Å². The van der Waals surface area contributed by atoms with Gasteiger partial charge in [-0.15, -0.1) is 0 Å². The lowest BCUT2D eigenvalue weighted by molar-refractivity contribution is 0.215. The lowest BCUT2D eigenvalue weighted by Crippen LogP contribution is -2.17. The lowest BCUT2D eigenvalue weighted by Gasteiger charge is -2.13. The Morgan fingerprint density at radius 2 is 1.76 bits per heavy atom.